The molecule has 0 radical (unpaired) electrons. The zero-order valence-electron chi connectivity index (χ0n) is 17.1. The first kappa shape index (κ1) is 23.4. The number of rotatable bonds is 10. The number of carbonyl (C=O) groups excluding carboxylic acids is 1. The molecule has 1 heterocycles. The third-order valence-electron chi connectivity index (χ3n) is 5.01. The predicted molar refractivity (Wildman–Crippen MR) is 116 cm³/mol. The molecule has 0 bridgehead atoms. The molecule has 1 amide bonds. The quantitative estimate of drug-likeness (QED) is 0.214. The molecule has 3 nitrogen and oxygen atoms in total. The third kappa shape index (κ3) is 5.69. The summed E-state index contributed by atoms with van der Waals surface area (Å²) in [7, 11) is 0. The summed E-state index contributed by atoms with van der Waals surface area (Å²) in [5, 5.41) is 0. The van der Waals surface area contributed by atoms with Crippen molar-refractivity contribution < 1.29 is 9.18 Å². The number of allylic oxidation sites excluding steroid dienone is 4. The maximum atomic E-state index is 14.2. The van der Waals surface area contributed by atoms with Gasteiger partial charge in [-0.3, -0.25) is 9.69 Å². The van der Waals surface area contributed by atoms with E-state index in [1.165, 1.54) is 30.0 Å². The van der Waals surface area contributed by atoms with Gasteiger partial charge in [0.1, 0.15) is 5.83 Å². The Morgan fingerprint density at radius 2 is 2.07 bits per heavy atom. The molecule has 5 heteroatoms. The van der Waals surface area contributed by atoms with Gasteiger partial charge in [0.15, 0.2) is 0 Å². The summed E-state index contributed by atoms with van der Waals surface area (Å²) in [6.07, 6.45) is 10.1. The summed E-state index contributed by atoms with van der Waals surface area (Å²) >= 11 is 1.40. The van der Waals surface area contributed by atoms with Crippen LogP contribution in [0.15, 0.2) is 60.8 Å². The highest BCUT2D eigenvalue weighted by molar-refractivity contribution is 8.04. The molecule has 1 rings (SSSR count). The van der Waals surface area contributed by atoms with Gasteiger partial charge in [0.25, 0.3) is 0 Å². The first-order chi connectivity index (χ1) is 12.7. The highest BCUT2D eigenvalue weighted by Gasteiger charge is 2.42. The Bertz CT molecular complexity index is 628. The van der Waals surface area contributed by atoms with Crippen LogP contribution in [0.1, 0.15) is 40.5 Å². The summed E-state index contributed by atoms with van der Waals surface area (Å²) in [5.41, 5.74) is 0. The molecule has 0 aromatic heterocycles. The lowest BCUT2D eigenvalue weighted by molar-refractivity contribution is -0.127. The predicted octanol–water partition coefficient (Wildman–Crippen LogP) is 5.45. The lowest BCUT2D eigenvalue weighted by Crippen LogP contribution is -2.53. The van der Waals surface area contributed by atoms with E-state index >= 15 is 0 Å². The van der Waals surface area contributed by atoms with Gasteiger partial charge in [-0.2, -0.15) is 0 Å². The zero-order valence-corrected chi connectivity index (χ0v) is 17.9. The van der Waals surface area contributed by atoms with Crippen LogP contribution in [0, 0.1) is 0 Å². The van der Waals surface area contributed by atoms with Gasteiger partial charge in [0.2, 0.25) is 5.91 Å². The van der Waals surface area contributed by atoms with Crippen molar-refractivity contribution in [3.8, 4) is 0 Å². The van der Waals surface area contributed by atoms with Gasteiger partial charge in [0.05, 0.1) is 4.87 Å². The number of nitrogens with zero attached hydrogens (tertiary/aromatic N) is 2. The lowest BCUT2D eigenvalue weighted by atomic mass is 10.1. The molecule has 27 heavy (non-hydrogen) atoms. The Balaban J connectivity index is 3.18. The van der Waals surface area contributed by atoms with Crippen LogP contribution in [0.5, 0.6) is 0 Å². The van der Waals surface area contributed by atoms with Crippen LogP contribution >= 0.6 is 11.8 Å². The number of hydrogen-bond acceptors (Lipinski definition) is 3. The number of amides is 1. The Morgan fingerprint density at radius 3 is 2.59 bits per heavy atom. The molecule has 1 aliphatic rings. The number of halogens is 1. The van der Waals surface area contributed by atoms with E-state index in [2.05, 4.69) is 64.5 Å². The first-order valence-corrected chi connectivity index (χ1v) is 10.3. The summed E-state index contributed by atoms with van der Waals surface area (Å²) in [5.74, 6) is -0.408. The van der Waals surface area contributed by atoms with E-state index < -0.39 is 4.87 Å². The Labute approximate surface area is 168 Å². The van der Waals surface area contributed by atoms with Gasteiger partial charge in [-0.05, 0) is 45.4 Å². The number of hydrogen-bond donors (Lipinski definition) is 0. The molecule has 0 aromatic rings. The maximum absolute atomic E-state index is 14.2. The average Bonchev–Trinajstić information content (AvgIpc) is 3.01. The van der Waals surface area contributed by atoms with E-state index in [-0.39, 0.29) is 23.8 Å². The second-order valence-corrected chi connectivity index (χ2v) is 8.28. The summed E-state index contributed by atoms with van der Waals surface area (Å²) in [4.78, 5) is 16.2. The fraction of sp³-hybridized carbons (Fsp3) is 0.500. The van der Waals surface area contributed by atoms with Gasteiger partial charge in [-0.1, -0.05) is 63.6 Å². The normalized spacial score (nSPS) is 22.9. The monoisotopic (exact) mass is 392 g/mol. The minimum absolute atomic E-state index is 0.0381. The Hall–Kier alpha value is -1.59. The standard InChI is InChI=1S/C22H33FN2OS/c1-8-12-15-22(7,27-18(6)19(23)13-9-2)25(11-4)20-14-16-24(17(20)5)21(26)10-3/h9-10,12-13,15,17,20H,2-3,6,8,11,14,16H2,1,4-5,7H3/b15-12-,19-13+. The zero-order chi connectivity index (χ0) is 20.6. The van der Waals surface area contributed by atoms with E-state index in [0.717, 1.165) is 19.4 Å². The number of carbonyl (C=O) groups is 1. The van der Waals surface area contributed by atoms with Crippen molar-refractivity contribution in [2.45, 2.75) is 57.5 Å². The molecule has 0 N–H and O–H groups in total. The first-order valence-electron chi connectivity index (χ1n) is 9.49. The third-order valence-corrected chi connectivity index (χ3v) is 6.23. The SMILES string of the molecule is C=C/C=C(/F)C(=C)SC(C)(/C=C\CC)N(CC)C1CCN(C(=O)C=C)C1C. The summed E-state index contributed by atoms with van der Waals surface area (Å²) < 4.78 is 14.2. The second kappa shape index (κ2) is 10.7. The van der Waals surface area contributed by atoms with Crippen molar-refractivity contribution in [3.63, 3.8) is 0 Å². The molecular formula is C22H33FN2OS. The maximum Gasteiger partial charge on any atom is 0.246 e. The molecule has 1 fully saturated rings. The summed E-state index contributed by atoms with van der Waals surface area (Å²) in [6.45, 7) is 20.9. The average molecular weight is 393 g/mol. The number of likely N-dealkylation sites (N-methyl/N-ethyl adjacent to an activating group) is 1. The molecule has 0 aromatic carbocycles. The van der Waals surface area contributed by atoms with Crippen molar-refractivity contribution in [2.75, 3.05) is 13.1 Å². The van der Waals surface area contributed by atoms with Crippen LogP contribution in [0.3, 0.4) is 0 Å². The van der Waals surface area contributed by atoms with E-state index in [1.807, 2.05) is 4.90 Å². The van der Waals surface area contributed by atoms with Crippen molar-refractivity contribution >= 4 is 17.7 Å². The second-order valence-electron chi connectivity index (χ2n) is 6.76. The molecule has 3 unspecified atom stereocenters. The van der Waals surface area contributed by atoms with E-state index in [4.69, 9.17) is 0 Å². The molecule has 1 aliphatic heterocycles. The minimum Gasteiger partial charge on any atom is -0.335 e. The smallest absolute Gasteiger partial charge is 0.246 e. The van der Waals surface area contributed by atoms with Gasteiger partial charge in [0, 0.05) is 23.5 Å². The van der Waals surface area contributed by atoms with E-state index in [0.29, 0.717) is 11.4 Å². The van der Waals surface area contributed by atoms with Crippen molar-refractivity contribution in [1.82, 2.24) is 9.80 Å². The van der Waals surface area contributed by atoms with Crippen LogP contribution in [0.25, 0.3) is 0 Å². The Morgan fingerprint density at radius 1 is 1.41 bits per heavy atom. The topological polar surface area (TPSA) is 23.6 Å². The highest BCUT2D eigenvalue weighted by Crippen LogP contribution is 2.42. The molecule has 0 spiro atoms. The summed E-state index contributed by atoms with van der Waals surface area (Å²) in [6, 6.07) is 0.240. The molecule has 1 saturated heterocycles. The van der Waals surface area contributed by atoms with Crippen LogP contribution in [0.2, 0.25) is 0 Å². The number of likely N-dealkylation sites (tertiary alicyclic amines) is 1. The molecule has 0 aliphatic carbocycles. The van der Waals surface area contributed by atoms with Crippen LogP contribution in [0.4, 0.5) is 4.39 Å². The van der Waals surface area contributed by atoms with Crippen molar-refractivity contribution in [2.24, 2.45) is 0 Å². The van der Waals surface area contributed by atoms with Gasteiger partial charge in [-0.15, -0.1) is 0 Å². The van der Waals surface area contributed by atoms with Gasteiger partial charge in [-0.25, -0.2) is 4.39 Å². The van der Waals surface area contributed by atoms with Crippen LogP contribution < -0.4 is 0 Å². The molecular weight excluding hydrogens is 359 g/mol. The fourth-order valence-electron chi connectivity index (χ4n) is 3.67. The molecule has 3 atom stereocenters. The minimum atomic E-state index is -0.472. The van der Waals surface area contributed by atoms with Crippen LogP contribution in [-0.4, -0.2) is 45.8 Å². The lowest BCUT2D eigenvalue weighted by Gasteiger charge is -2.44. The Kier molecular flexibility index (Phi) is 9.27. The fourth-order valence-corrected chi connectivity index (χ4v) is 4.88. The van der Waals surface area contributed by atoms with E-state index in [1.54, 1.807) is 0 Å². The van der Waals surface area contributed by atoms with E-state index in [9.17, 15) is 9.18 Å². The highest BCUT2D eigenvalue weighted by atomic mass is 32.2. The van der Waals surface area contributed by atoms with Crippen molar-refractivity contribution in [1.29, 1.82) is 0 Å². The van der Waals surface area contributed by atoms with Crippen molar-refractivity contribution in [3.05, 3.63) is 60.8 Å². The number of thioether (sulfide) groups is 1. The molecule has 150 valence electrons. The largest absolute Gasteiger partial charge is 0.335 e. The molecule has 0 saturated carbocycles. The van der Waals surface area contributed by atoms with Crippen LogP contribution in [-0.2, 0) is 4.79 Å². The van der Waals surface area contributed by atoms with Gasteiger partial charge >= 0.3 is 0 Å². The van der Waals surface area contributed by atoms with Gasteiger partial charge < -0.3 is 4.90 Å².